The van der Waals surface area contributed by atoms with Gasteiger partial charge in [0.2, 0.25) is 0 Å². The molecular weight excluding hydrogens is 314 g/mol. The van der Waals surface area contributed by atoms with Gasteiger partial charge in [0.05, 0.1) is 11.1 Å². The van der Waals surface area contributed by atoms with E-state index in [2.05, 4.69) is 0 Å². The molecule has 122 valence electrons. The smallest absolute Gasteiger partial charge is 0.343 e. The number of para-hydroxylation sites is 1. The zero-order chi connectivity index (χ0) is 17.4. The van der Waals surface area contributed by atoms with E-state index >= 15 is 0 Å². The normalized spacial score (nSPS) is 10.9. The van der Waals surface area contributed by atoms with Crippen LogP contribution in [0.5, 0.6) is 5.75 Å². The van der Waals surface area contributed by atoms with E-state index in [0.717, 1.165) is 16.3 Å². The van der Waals surface area contributed by atoms with Gasteiger partial charge in [-0.2, -0.15) is 0 Å². The maximum Gasteiger partial charge on any atom is 0.343 e. The summed E-state index contributed by atoms with van der Waals surface area (Å²) in [5.74, 6) is -0.00662. The first-order chi connectivity index (χ1) is 12.1. The Labute approximate surface area is 143 Å². The van der Waals surface area contributed by atoms with Gasteiger partial charge >= 0.3 is 5.97 Å². The molecular formula is C21H15NO3. The molecule has 0 N–H and O–H groups in total. The second-order valence-corrected chi connectivity index (χ2v) is 5.84. The number of ether oxygens (including phenoxy) is 1. The summed E-state index contributed by atoms with van der Waals surface area (Å²) in [6.45, 7) is 0. The molecule has 0 aliphatic rings. The van der Waals surface area contributed by atoms with Crippen LogP contribution in [0.1, 0.15) is 10.4 Å². The van der Waals surface area contributed by atoms with Gasteiger partial charge in [-0.25, -0.2) is 4.79 Å². The van der Waals surface area contributed by atoms with E-state index in [4.69, 9.17) is 4.74 Å². The van der Waals surface area contributed by atoms with Gasteiger partial charge < -0.3 is 9.30 Å². The highest BCUT2D eigenvalue weighted by Crippen LogP contribution is 2.26. The third kappa shape index (κ3) is 2.58. The number of carbonyl (C=O) groups is 1. The van der Waals surface area contributed by atoms with Gasteiger partial charge in [0, 0.05) is 23.2 Å². The molecule has 1 heterocycles. The first-order valence-corrected chi connectivity index (χ1v) is 7.94. The number of esters is 1. The molecule has 4 aromatic rings. The number of nitrogens with zero attached hydrogens (tertiary/aromatic N) is 1. The topological polar surface area (TPSA) is 48.3 Å². The average molecular weight is 329 g/mol. The highest BCUT2D eigenvalue weighted by atomic mass is 16.5. The molecule has 4 heteroatoms. The maximum absolute atomic E-state index is 12.6. The Morgan fingerprint density at radius 3 is 2.36 bits per heavy atom. The molecule has 0 aliphatic carbocycles. The molecule has 0 fully saturated rings. The Kier molecular flexibility index (Phi) is 3.58. The SMILES string of the molecule is Cn1c(=O)c2ccc(OC(=O)c3ccccc3)cc2c2ccccc21. The number of aryl methyl sites for hydroxylation is 1. The van der Waals surface area contributed by atoms with Crippen LogP contribution in [0.2, 0.25) is 0 Å². The van der Waals surface area contributed by atoms with E-state index in [-0.39, 0.29) is 5.56 Å². The lowest BCUT2D eigenvalue weighted by atomic mass is 10.1. The zero-order valence-electron chi connectivity index (χ0n) is 13.6. The van der Waals surface area contributed by atoms with Crippen LogP contribution in [0.25, 0.3) is 21.7 Å². The summed E-state index contributed by atoms with van der Waals surface area (Å²) in [6, 6.07) is 21.6. The van der Waals surface area contributed by atoms with Crippen molar-refractivity contribution in [2.24, 2.45) is 7.05 Å². The zero-order valence-corrected chi connectivity index (χ0v) is 13.6. The van der Waals surface area contributed by atoms with Crippen LogP contribution in [0.3, 0.4) is 0 Å². The third-order valence-corrected chi connectivity index (χ3v) is 4.30. The Hall–Kier alpha value is -3.40. The van der Waals surface area contributed by atoms with Crippen molar-refractivity contribution < 1.29 is 9.53 Å². The third-order valence-electron chi connectivity index (χ3n) is 4.30. The summed E-state index contributed by atoms with van der Waals surface area (Å²) < 4.78 is 7.11. The molecule has 0 bridgehead atoms. The Bertz CT molecular complexity index is 1160. The molecule has 25 heavy (non-hydrogen) atoms. The highest BCUT2D eigenvalue weighted by Gasteiger charge is 2.12. The number of rotatable bonds is 2. The molecule has 0 saturated heterocycles. The molecule has 4 rings (SSSR count). The van der Waals surface area contributed by atoms with Crippen LogP contribution in [0.4, 0.5) is 0 Å². The van der Waals surface area contributed by atoms with Gasteiger partial charge in [0.15, 0.2) is 0 Å². The first kappa shape index (κ1) is 15.1. The average Bonchev–Trinajstić information content (AvgIpc) is 2.67. The number of carbonyl (C=O) groups excluding carboxylic acids is 1. The largest absolute Gasteiger partial charge is 0.423 e. The predicted octanol–water partition coefficient (Wildman–Crippen LogP) is 3.91. The molecule has 0 spiro atoms. The Balaban J connectivity index is 1.85. The quantitative estimate of drug-likeness (QED) is 0.318. The molecule has 0 saturated carbocycles. The van der Waals surface area contributed by atoms with Crippen LogP contribution in [0, 0.1) is 0 Å². The summed E-state index contributed by atoms with van der Waals surface area (Å²) >= 11 is 0. The number of hydrogen-bond acceptors (Lipinski definition) is 3. The van der Waals surface area contributed by atoms with E-state index in [0.29, 0.717) is 16.7 Å². The van der Waals surface area contributed by atoms with Crippen LogP contribution in [0.15, 0.2) is 77.6 Å². The number of hydrogen-bond donors (Lipinski definition) is 0. The minimum atomic E-state index is -0.423. The summed E-state index contributed by atoms with van der Waals surface area (Å²) in [5, 5.41) is 2.31. The Morgan fingerprint density at radius 2 is 1.56 bits per heavy atom. The molecule has 3 aromatic carbocycles. The molecule has 4 nitrogen and oxygen atoms in total. The standard InChI is InChI=1S/C21H15NO3/c1-22-19-10-6-5-9-16(19)18-13-15(11-12-17(18)20(22)23)25-21(24)14-7-3-2-4-8-14/h2-13H,1H3. The van der Waals surface area contributed by atoms with E-state index in [1.165, 1.54) is 0 Å². The van der Waals surface area contributed by atoms with Crippen LogP contribution in [-0.4, -0.2) is 10.5 Å². The van der Waals surface area contributed by atoms with E-state index in [9.17, 15) is 9.59 Å². The van der Waals surface area contributed by atoms with Crippen LogP contribution < -0.4 is 10.3 Å². The van der Waals surface area contributed by atoms with Gasteiger partial charge in [0.25, 0.3) is 5.56 Å². The molecule has 0 atom stereocenters. The predicted molar refractivity (Wildman–Crippen MR) is 98.1 cm³/mol. The van der Waals surface area contributed by atoms with Crippen molar-refractivity contribution in [3.05, 3.63) is 88.7 Å². The van der Waals surface area contributed by atoms with E-state index in [1.807, 2.05) is 30.3 Å². The van der Waals surface area contributed by atoms with Gasteiger partial charge in [-0.05, 0) is 36.4 Å². The molecule has 0 unspecified atom stereocenters. The minimum absolute atomic E-state index is 0.0744. The van der Waals surface area contributed by atoms with Crippen molar-refractivity contribution in [3.8, 4) is 5.75 Å². The second-order valence-electron chi connectivity index (χ2n) is 5.84. The summed E-state index contributed by atoms with van der Waals surface area (Å²) in [4.78, 5) is 24.8. The fourth-order valence-electron chi connectivity index (χ4n) is 3.02. The summed E-state index contributed by atoms with van der Waals surface area (Å²) in [6.07, 6.45) is 0. The van der Waals surface area contributed by atoms with Gasteiger partial charge in [-0.3, -0.25) is 4.79 Å². The van der Waals surface area contributed by atoms with Gasteiger partial charge in [0.1, 0.15) is 5.75 Å². The lowest BCUT2D eigenvalue weighted by Crippen LogP contribution is -2.17. The van der Waals surface area contributed by atoms with Gasteiger partial charge in [-0.1, -0.05) is 36.4 Å². The monoisotopic (exact) mass is 329 g/mol. The highest BCUT2D eigenvalue weighted by molar-refractivity contribution is 6.06. The number of pyridine rings is 1. The molecule has 0 amide bonds. The van der Waals surface area contributed by atoms with Gasteiger partial charge in [-0.15, -0.1) is 0 Å². The summed E-state index contributed by atoms with van der Waals surface area (Å²) in [5.41, 5.74) is 1.25. The lowest BCUT2D eigenvalue weighted by molar-refractivity contribution is 0.0735. The fourth-order valence-corrected chi connectivity index (χ4v) is 3.02. The first-order valence-electron chi connectivity index (χ1n) is 7.94. The second kappa shape index (κ2) is 5.91. The minimum Gasteiger partial charge on any atom is -0.423 e. The lowest BCUT2D eigenvalue weighted by Gasteiger charge is -2.10. The number of benzene rings is 3. The van der Waals surface area contributed by atoms with Crippen molar-refractivity contribution in [1.29, 1.82) is 0 Å². The van der Waals surface area contributed by atoms with E-state index < -0.39 is 5.97 Å². The molecule has 0 aliphatic heterocycles. The van der Waals surface area contributed by atoms with Crippen LogP contribution in [-0.2, 0) is 7.05 Å². The van der Waals surface area contributed by atoms with E-state index in [1.54, 1.807) is 54.1 Å². The number of fused-ring (bicyclic) bond motifs is 3. The number of aromatic nitrogens is 1. The maximum atomic E-state index is 12.6. The summed E-state index contributed by atoms with van der Waals surface area (Å²) in [7, 11) is 1.76. The fraction of sp³-hybridized carbons (Fsp3) is 0.0476. The van der Waals surface area contributed by atoms with Crippen molar-refractivity contribution in [2.75, 3.05) is 0 Å². The van der Waals surface area contributed by atoms with Crippen molar-refractivity contribution in [3.63, 3.8) is 0 Å². The Morgan fingerprint density at radius 1 is 0.840 bits per heavy atom. The van der Waals surface area contributed by atoms with Crippen molar-refractivity contribution >= 4 is 27.6 Å². The van der Waals surface area contributed by atoms with Crippen molar-refractivity contribution in [2.45, 2.75) is 0 Å². The molecule has 1 aromatic heterocycles. The van der Waals surface area contributed by atoms with Crippen LogP contribution >= 0.6 is 0 Å². The molecule has 0 radical (unpaired) electrons. The van der Waals surface area contributed by atoms with Crippen molar-refractivity contribution in [1.82, 2.24) is 4.57 Å².